The fourth-order valence-corrected chi connectivity index (χ4v) is 3.70. The van der Waals surface area contributed by atoms with E-state index in [1.54, 1.807) is 12.1 Å². The average molecular weight is 379 g/mol. The molecule has 138 valence electrons. The molecule has 3 aromatic rings. The fraction of sp³-hybridized carbons (Fsp3) is 0.261. The molecule has 0 unspecified atom stereocenters. The Labute approximate surface area is 164 Å². The van der Waals surface area contributed by atoms with Gasteiger partial charge in [-0.3, -0.25) is 9.69 Å². The zero-order valence-electron chi connectivity index (χ0n) is 15.2. The number of nitrogens with zero attached hydrogens (tertiary/aromatic N) is 1. The van der Waals surface area contributed by atoms with Crippen molar-refractivity contribution in [3.63, 3.8) is 0 Å². The molecule has 1 N–H and O–H groups in total. The highest BCUT2D eigenvalue weighted by Crippen LogP contribution is 2.30. The summed E-state index contributed by atoms with van der Waals surface area (Å²) in [6.45, 7) is 1.65. The van der Waals surface area contributed by atoms with E-state index in [1.807, 2.05) is 12.1 Å². The van der Waals surface area contributed by atoms with Gasteiger partial charge in [-0.15, -0.1) is 0 Å². The summed E-state index contributed by atoms with van der Waals surface area (Å²) in [6, 6.07) is 22.8. The second kappa shape index (κ2) is 8.12. The summed E-state index contributed by atoms with van der Waals surface area (Å²) < 4.78 is 0. The van der Waals surface area contributed by atoms with Crippen molar-refractivity contribution in [1.29, 1.82) is 0 Å². The first kappa shape index (κ1) is 18.0. The Balaban J connectivity index is 1.40. The smallest absolute Gasteiger partial charge is 0.225 e. The molecule has 0 atom stereocenters. The second-order valence-electron chi connectivity index (χ2n) is 7.15. The second-order valence-corrected chi connectivity index (χ2v) is 7.58. The van der Waals surface area contributed by atoms with Gasteiger partial charge in [0.1, 0.15) is 0 Å². The van der Waals surface area contributed by atoms with E-state index in [4.69, 9.17) is 11.6 Å². The van der Waals surface area contributed by atoms with Gasteiger partial charge in [0.15, 0.2) is 0 Å². The standard InChI is InChI=1S/C23H23ClN2O/c24-19-8-4-9-20(15-19)25-23(27)13-14-26(21-11-12-21)16-18-7-3-6-17-5-1-2-10-22(17)18/h1-10,15,21H,11-14,16H2,(H,25,27). The number of halogens is 1. The molecular formula is C23H23ClN2O. The van der Waals surface area contributed by atoms with E-state index < -0.39 is 0 Å². The summed E-state index contributed by atoms with van der Waals surface area (Å²) in [5.41, 5.74) is 2.08. The van der Waals surface area contributed by atoms with E-state index in [2.05, 4.69) is 52.7 Å². The van der Waals surface area contributed by atoms with Crippen molar-refractivity contribution in [3.8, 4) is 0 Å². The lowest BCUT2D eigenvalue weighted by Crippen LogP contribution is -2.29. The number of benzene rings is 3. The summed E-state index contributed by atoms with van der Waals surface area (Å²) >= 11 is 5.98. The summed E-state index contributed by atoms with van der Waals surface area (Å²) in [5.74, 6) is 0.0286. The molecule has 0 radical (unpaired) electrons. The topological polar surface area (TPSA) is 32.3 Å². The number of hydrogen-bond donors (Lipinski definition) is 1. The molecule has 27 heavy (non-hydrogen) atoms. The number of anilines is 1. The van der Waals surface area contributed by atoms with Crippen LogP contribution in [-0.4, -0.2) is 23.4 Å². The average Bonchev–Trinajstić information content (AvgIpc) is 3.50. The SMILES string of the molecule is O=C(CCN(Cc1cccc2ccccc12)C1CC1)Nc1cccc(Cl)c1. The number of nitrogens with one attached hydrogen (secondary N) is 1. The molecule has 0 saturated heterocycles. The van der Waals surface area contributed by atoms with Gasteiger partial charge in [0.25, 0.3) is 0 Å². The Morgan fingerprint density at radius 3 is 2.63 bits per heavy atom. The number of rotatable bonds is 7. The number of hydrogen-bond acceptors (Lipinski definition) is 2. The minimum absolute atomic E-state index is 0.0286. The first-order chi connectivity index (χ1) is 13.2. The van der Waals surface area contributed by atoms with Gasteiger partial charge in [0.05, 0.1) is 0 Å². The van der Waals surface area contributed by atoms with Gasteiger partial charge in [-0.2, -0.15) is 0 Å². The minimum atomic E-state index is 0.0286. The molecule has 0 heterocycles. The number of amides is 1. The van der Waals surface area contributed by atoms with E-state index in [1.165, 1.54) is 29.2 Å². The zero-order valence-corrected chi connectivity index (χ0v) is 16.0. The Morgan fingerprint density at radius 2 is 1.81 bits per heavy atom. The van der Waals surface area contributed by atoms with Crippen molar-refractivity contribution in [3.05, 3.63) is 77.3 Å². The first-order valence-corrected chi connectivity index (χ1v) is 9.83. The summed E-state index contributed by atoms with van der Waals surface area (Å²) in [6.07, 6.45) is 2.93. The van der Waals surface area contributed by atoms with Crippen molar-refractivity contribution in [1.82, 2.24) is 4.90 Å². The van der Waals surface area contributed by atoms with Crippen LogP contribution in [0.1, 0.15) is 24.8 Å². The van der Waals surface area contributed by atoms with Crippen LogP contribution in [0.4, 0.5) is 5.69 Å². The molecule has 1 fully saturated rings. The maximum Gasteiger partial charge on any atom is 0.225 e. The van der Waals surface area contributed by atoms with E-state index in [-0.39, 0.29) is 5.91 Å². The van der Waals surface area contributed by atoms with Gasteiger partial charge >= 0.3 is 0 Å². The summed E-state index contributed by atoms with van der Waals surface area (Å²) in [7, 11) is 0. The van der Waals surface area contributed by atoms with Crippen LogP contribution in [0.25, 0.3) is 10.8 Å². The van der Waals surface area contributed by atoms with Gasteiger partial charge < -0.3 is 5.32 Å². The van der Waals surface area contributed by atoms with E-state index in [0.29, 0.717) is 17.5 Å². The van der Waals surface area contributed by atoms with Crippen molar-refractivity contribution < 1.29 is 4.79 Å². The van der Waals surface area contributed by atoms with Crippen LogP contribution >= 0.6 is 11.6 Å². The van der Waals surface area contributed by atoms with E-state index >= 15 is 0 Å². The highest BCUT2D eigenvalue weighted by Gasteiger charge is 2.29. The lowest BCUT2D eigenvalue weighted by Gasteiger charge is -2.22. The van der Waals surface area contributed by atoms with Crippen molar-refractivity contribution in [2.45, 2.75) is 31.8 Å². The monoisotopic (exact) mass is 378 g/mol. The number of carbonyl (C=O) groups is 1. The van der Waals surface area contributed by atoms with Gasteiger partial charge in [0, 0.05) is 36.3 Å². The van der Waals surface area contributed by atoms with Gasteiger partial charge in [0.2, 0.25) is 5.91 Å². The van der Waals surface area contributed by atoms with Crippen molar-refractivity contribution in [2.75, 3.05) is 11.9 Å². The summed E-state index contributed by atoms with van der Waals surface area (Å²) in [5, 5.41) is 6.14. The van der Waals surface area contributed by atoms with Crippen LogP contribution in [-0.2, 0) is 11.3 Å². The number of fused-ring (bicyclic) bond motifs is 1. The lowest BCUT2D eigenvalue weighted by molar-refractivity contribution is -0.116. The maximum absolute atomic E-state index is 12.4. The largest absolute Gasteiger partial charge is 0.326 e. The molecule has 3 nitrogen and oxygen atoms in total. The molecule has 0 aromatic heterocycles. The van der Waals surface area contributed by atoms with Gasteiger partial charge in [-0.25, -0.2) is 0 Å². The molecule has 1 aliphatic rings. The third-order valence-corrected chi connectivity index (χ3v) is 5.29. The molecule has 1 amide bonds. The minimum Gasteiger partial charge on any atom is -0.326 e. The highest BCUT2D eigenvalue weighted by atomic mass is 35.5. The number of carbonyl (C=O) groups excluding carboxylic acids is 1. The van der Waals surface area contributed by atoms with E-state index in [9.17, 15) is 4.79 Å². The maximum atomic E-state index is 12.4. The van der Waals surface area contributed by atoms with Gasteiger partial charge in [-0.05, 0) is 47.4 Å². The van der Waals surface area contributed by atoms with Crippen LogP contribution in [0.15, 0.2) is 66.7 Å². The van der Waals surface area contributed by atoms with Crippen LogP contribution in [0.5, 0.6) is 0 Å². The fourth-order valence-electron chi connectivity index (χ4n) is 3.51. The van der Waals surface area contributed by atoms with Crippen molar-refractivity contribution in [2.24, 2.45) is 0 Å². The zero-order chi connectivity index (χ0) is 18.6. The molecule has 0 bridgehead atoms. The molecule has 4 rings (SSSR count). The molecule has 0 aliphatic heterocycles. The molecule has 1 aliphatic carbocycles. The predicted octanol–water partition coefficient (Wildman–Crippen LogP) is 5.49. The molecule has 1 saturated carbocycles. The third-order valence-electron chi connectivity index (χ3n) is 5.05. The predicted molar refractivity (Wildman–Crippen MR) is 112 cm³/mol. The van der Waals surface area contributed by atoms with E-state index in [0.717, 1.165) is 18.8 Å². The Bertz CT molecular complexity index is 947. The third kappa shape index (κ3) is 4.68. The molecule has 0 spiro atoms. The van der Waals surface area contributed by atoms with Crippen LogP contribution < -0.4 is 5.32 Å². The molecule has 3 aromatic carbocycles. The highest BCUT2D eigenvalue weighted by molar-refractivity contribution is 6.30. The Morgan fingerprint density at radius 1 is 1.04 bits per heavy atom. The Hall–Kier alpha value is -2.36. The Kier molecular flexibility index (Phi) is 5.42. The van der Waals surface area contributed by atoms with Crippen molar-refractivity contribution >= 4 is 34.0 Å². The van der Waals surface area contributed by atoms with Crippen LogP contribution in [0.2, 0.25) is 5.02 Å². The quantitative estimate of drug-likeness (QED) is 0.589. The normalized spacial score (nSPS) is 13.9. The van der Waals surface area contributed by atoms with Crippen LogP contribution in [0.3, 0.4) is 0 Å². The first-order valence-electron chi connectivity index (χ1n) is 9.45. The lowest BCUT2D eigenvalue weighted by atomic mass is 10.0. The summed E-state index contributed by atoms with van der Waals surface area (Å²) in [4.78, 5) is 14.8. The van der Waals surface area contributed by atoms with Gasteiger partial charge in [-0.1, -0.05) is 60.1 Å². The van der Waals surface area contributed by atoms with Crippen LogP contribution in [0, 0.1) is 0 Å². The molecular weight excluding hydrogens is 356 g/mol. The molecule has 4 heteroatoms.